The van der Waals surface area contributed by atoms with Crippen LogP contribution in [-0.2, 0) is 14.8 Å². The van der Waals surface area contributed by atoms with E-state index >= 15 is 0 Å². The lowest BCUT2D eigenvalue weighted by Crippen LogP contribution is -2.38. The maximum Gasteiger partial charge on any atom is 0.264 e. The minimum atomic E-state index is -4.10. The summed E-state index contributed by atoms with van der Waals surface area (Å²) in [5.41, 5.74) is 1.69. The average Bonchev–Trinajstić information content (AvgIpc) is 2.73. The Labute approximate surface area is 181 Å². The van der Waals surface area contributed by atoms with Gasteiger partial charge in [-0.15, -0.1) is 0 Å². The summed E-state index contributed by atoms with van der Waals surface area (Å²) in [6.45, 7) is 3.69. The molecular weight excluding hydrogens is 419 g/mol. The fraction of sp³-hybridized carbons (Fsp3) is 0.174. The summed E-state index contributed by atoms with van der Waals surface area (Å²) in [5.74, 6) is -0.497. The van der Waals surface area contributed by atoms with Crippen molar-refractivity contribution in [2.45, 2.75) is 18.7 Å². The number of carbonyl (C=O) groups is 1. The van der Waals surface area contributed by atoms with E-state index in [1.54, 1.807) is 30.3 Å². The molecule has 0 heterocycles. The van der Waals surface area contributed by atoms with Gasteiger partial charge in [0, 0.05) is 5.69 Å². The molecule has 0 saturated heterocycles. The molecule has 1 amide bonds. The van der Waals surface area contributed by atoms with Crippen LogP contribution in [-0.4, -0.2) is 27.5 Å². The first-order valence-corrected chi connectivity index (χ1v) is 11.1. The second-order valence-corrected chi connectivity index (χ2v) is 8.67. The number of sulfonamides is 1. The molecule has 0 saturated carbocycles. The van der Waals surface area contributed by atoms with E-state index in [4.69, 9.17) is 4.74 Å². The van der Waals surface area contributed by atoms with Gasteiger partial charge in [0.05, 0.1) is 17.2 Å². The van der Waals surface area contributed by atoms with Gasteiger partial charge in [-0.25, -0.2) is 12.8 Å². The maximum absolute atomic E-state index is 13.4. The Hall–Kier alpha value is -3.39. The lowest BCUT2D eigenvalue weighted by molar-refractivity contribution is -0.114. The smallest absolute Gasteiger partial charge is 0.264 e. The van der Waals surface area contributed by atoms with Crippen molar-refractivity contribution in [3.63, 3.8) is 0 Å². The third-order valence-electron chi connectivity index (χ3n) is 4.43. The van der Waals surface area contributed by atoms with Gasteiger partial charge in [0.1, 0.15) is 18.1 Å². The molecule has 1 N–H and O–H groups in total. The summed E-state index contributed by atoms with van der Waals surface area (Å²) in [6.07, 6.45) is 0. The quantitative estimate of drug-likeness (QED) is 0.562. The monoisotopic (exact) mass is 442 g/mol. The summed E-state index contributed by atoms with van der Waals surface area (Å²) in [6, 6.07) is 18.0. The second-order valence-electron chi connectivity index (χ2n) is 6.81. The van der Waals surface area contributed by atoms with Gasteiger partial charge in [-0.05, 0) is 80.1 Å². The van der Waals surface area contributed by atoms with Crippen LogP contribution in [0.2, 0.25) is 0 Å². The Morgan fingerprint density at radius 2 is 1.71 bits per heavy atom. The summed E-state index contributed by atoms with van der Waals surface area (Å²) in [4.78, 5) is 12.7. The molecule has 0 fully saturated rings. The molecule has 0 unspecified atom stereocenters. The van der Waals surface area contributed by atoms with Crippen molar-refractivity contribution in [1.29, 1.82) is 0 Å². The van der Waals surface area contributed by atoms with Crippen molar-refractivity contribution in [2.24, 2.45) is 0 Å². The fourth-order valence-corrected chi connectivity index (χ4v) is 4.40. The molecule has 0 aromatic heterocycles. The fourth-order valence-electron chi connectivity index (χ4n) is 2.98. The van der Waals surface area contributed by atoms with E-state index in [1.807, 2.05) is 19.9 Å². The molecule has 31 heavy (non-hydrogen) atoms. The molecule has 3 aromatic carbocycles. The molecule has 3 rings (SSSR count). The first kappa shape index (κ1) is 22.3. The van der Waals surface area contributed by atoms with E-state index in [0.717, 1.165) is 22.0 Å². The molecule has 8 heteroatoms. The number of nitrogens with one attached hydrogen (secondary N) is 1. The minimum Gasteiger partial charge on any atom is -0.494 e. The molecule has 0 bridgehead atoms. The Morgan fingerprint density at radius 3 is 2.32 bits per heavy atom. The number of amides is 1. The van der Waals surface area contributed by atoms with Gasteiger partial charge in [-0.2, -0.15) is 0 Å². The van der Waals surface area contributed by atoms with E-state index in [-0.39, 0.29) is 10.6 Å². The van der Waals surface area contributed by atoms with Gasteiger partial charge < -0.3 is 10.1 Å². The van der Waals surface area contributed by atoms with E-state index in [9.17, 15) is 17.6 Å². The Balaban J connectivity index is 1.92. The SMILES string of the molecule is CCOc1ccc(S(=O)(=O)N(CC(=O)Nc2cccc(C)c2)c2ccc(F)cc2)cc1. The summed E-state index contributed by atoms with van der Waals surface area (Å²) in [5, 5.41) is 2.70. The van der Waals surface area contributed by atoms with Gasteiger partial charge >= 0.3 is 0 Å². The highest BCUT2D eigenvalue weighted by Gasteiger charge is 2.27. The summed E-state index contributed by atoms with van der Waals surface area (Å²) >= 11 is 0. The van der Waals surface area contributed by atoms with Gasteiger partial charge in [0.15, 0.2) is 0 Å². The maximum atomic E-state index is 13.4. The number of hydrogen-bond acceptors (Lipinski definition) is 4. The largest absolute Gasteiger partial charge is 0.494 e. The van der Waals surface area contributed by atoms with Crippen molar-refractivity contribution < 1.29 is 22.3 Å². The van der Waals surface area contributed by atoms with Gasteiger partial charge in [0.2, 0.25) is 5.91 Å². The summed E-state index contributed by atoms with van der Waals surface area (Å²) in [7, 11) is -4.10. The van der Waals surface area contributed by atoms with Crippen LogP contribution in [0.25, 0.3) is 0 Å². The number of nitrogens with zero attached hydrogens (tertiary/aromatic N) is 1. The number of benzene rings is 3. The van der Waals surface area contributed by atoms with Crippen LogP contribution < -0.4 is 14.4 Å². The molecular formula is C23H23FN2O4S. The van der Waals surface area contributed by atoms with Crippen LogP contribution in [0, 0.1) is 12.7 Å². The van der Waals surface area contributed by atoms with Gasteiger partial charge in [0.25, 0.3) is 10.0 Å². The molecule has 162 valence electrons. The van der Waals surface area contributed by atoms with Crippen molar-refractivity contribution in [2.75, 3.05) is 22.8 Å². The van der Waals surface area contributed by atoms with Crippen molar-refractivity contribution in [3.05, 3.63) is 84.2 Å². The van der Waals surface area contributed by atoms with Gasteiger partial charge in [-0.1, -0.05) is 12.1 Å². The number of aryl methyl sites for hydroxylation is 1. The molecule has 0 spiro atoms. The van der Waals surface area contributed by atoms with Crippen LogP contribution >= 0.6 is 0 Å². The van der Waals surface area contributed by atoms with Crippen LogP contribution in [0.15, 0.2) is 77.7 Å². The highest BCUT2D eigenvalue weighted by molar-refractivity contribution is 7.92. The van der Waals surface area contributed by atoms with Gasteiger partial charge in [-0.3, -0.25) is 9.10 Å². The lowest BCUT2D eigenvalue weighted by Gasteiger charge is -2.24. The average molecular weight is 443 g/mol. The molecule has 0 radical (unpaired) electrons. The topological polar surface area (TPSA) is 75.7 Å². The van der Waals surface area contributed by atoms with E-state index in [1.165, 1.54) is 24.3 Å². The predicted octanol–water partition coefficient (Wildman–Crippen LogP) is 4.37. The first-order chi connectivity index (χ1) is 14.8. The predicted molar refractivity (Wildman–Crippen MR) is 118 cm³/mol. The Bertz CT molecular complexity index is 1150. The summed E-state index contributed by atoms with van der Waals surface area (Å²) < 4.78 is 46.4. The zero-order chi connectivity index (χ0) is 22.4. The minimum absolute atomic E-state index is 0.0105. The number of halogens is 1. The number of anilines is 2. The number of carbonyl (C=O) groups excluding carboxylic acids is 1. The molecule has 0 aliphatic rings. The van der Waals surface area contributed by atoms with Crippen molar-refractivity contribution in [3.8, 4) is 5.75 Å². The van der Waals surface area contributed by atoms with Crippen LogP contribution in [0.4, 0.5) is 15.8 Å². The van der Waals surface area contributed by atoms with E-state index < -0.39 is 28.3 Å². The highest BCUT2D eigenvalue weighted by atomic mass is 32.2. The van der Waals surface area contributed by atoms with Crippen molar-refractivity contribution >= 4 is 27.3 Å². The van der Waals surface area contributed by atoms with Crippen LogP contribution in [0.1, 0.15) is 12.5 Å². The molecule has 3 aromatic rings. The molecule has 0 atom stereocenters. The third-order valence-corrected chi connectivity index (χ3v) is 6.21. The zero-order valence-electron chi connectivity index (χ0n) is 17.2. The number of hydrogen-bond donors (Lipinski definition) is 1. The van der Waals surface area contributed by atoms with E-state index in [2.05, 4.69) is 5.32 Å². The second kappa shape index (κ2) is 9.61. The molecule has 0 aliphatic carbocycles. The highest BCUT2D eigenvalue weighted by Crippen LogP contribution is 2.25. The lowest BCUT2D eigenvalue weighted by atomic mass is 10.2. The van der Waals surface area contributed by atoms with Crippen molar-refractivity contribution in [1.82, 2.24) is 0 Å². The zero-order valence-corrected chi connectivity index (χ0v) is 18.0. The Kier molecular flexibility index (Phi) is 6.91. The standard InChI is InChI=1S/C23H23FN2O4S/c1-3-30-21-11-13-22(14-12-21)31(28,29)26(20-9-7-18(24)8-10-20)16-23(27)25-19-6-4-5-17(2)15-19/h4-15H,3,16H2,1-2H3,(H,25,27). The number of rotatable bonds is 8. The third kappa shape index (κ3) is 5.61. The van der Waals surface area contributed by atoms with E-state index in [0.29, 0.717) is 18.0 Å². The molecule has 6 nitrogen and oxygen atoms in total. The molecule has 0 aliphatic heterocycles. The number of ether oxygens (including phenoxy) is 1. The first-order valence-electron chi connectivity index (χ1n) is 9.67. The Morgan fingerprint density at radius 1 is 1.03 bits per heavy atom. The normalized spacial score (nSPS) is 11.1. The van der Waals surface area contributed by atoms with Crippen LogP contribution in [0.3, 0.4) is 0 Å². The van der Waals surface area contributed by atoms with Crippen LogP contribution in [0.5, 0.6) is 5.75 Å².